The van der Waals surface area contributed by atoms with Crippen molar-refractivity contribution in [3.63, 3.8) is 0 Å². The van der Waals surface area contributed by atoms with Crippen LogP contribution in [0, 0.1) is 0 Å². The zero-order chi connectivity index (χ0) is 13.2. The van der Waals surface area contributed by atoms with Gasteiger partial charge >= 0.3 is 0 Å². The van der Waals surface area contributed by atoms with Crippen LogP contribution in [0.4, 0.5) is 0 Å². The molecule has 3 heteroatoms. The lowest BCUT2D eigenvalue weighted by Crippen LogP contribution is -2.22. The summed E-state index contributed by atoms with van der Waals surface area (Å²) in [7, 11) is 1.60. The van der Waals surface area contributed by atoms with Crippen LogP contribution in [0.1, 0.15) is 18.1 Å². The van der Waals surface area contributed by atoms with E-state index in [0.717, 1.165) is 11.3 Å². The van der Waals surface area contributed by atoms with Gasteiger partial charge in [-0.3, -0.25) is 0 Å². The van der Waals surface area contributed by atoms with Gasteiger partial charge in [0.2, 0.25) is 0 Å². The Kier molecular flexibility index (Phi) is 3.26. The van der Waals surface area contributed by atoms with Gasteiger partial charge in [-0.15, -0.1) is 0 Å². The van der Waals surface area contributed by atoms with Crippen molar-refractivity contribution < 1.29 is 14.9 Å². The van der Waals surface area contributed by atoms with Crippen LogP contribution in [0.5, 0.6) is 11.5 Å². The lowest BCUT2D eigenvalue weighted by Gasteiger charge is -2.24. The first-order valence-electron chi connectivity index (χ1n) is 5.70. The SMILES string of the molecule is COc1ccc(C(C)(O)c2cccc(O)c2)cc1. The van der Waals surface area contributed by atoms with Gasteiger partial charge in [0.25, 0.3) is 0 Å². The number of rotatable bonds is 3. The molecule has 1 atom stereocenters. The number of aliphatic hydroxyl groups is 1. The van der Waals surface area contributed by atoms with E-state index in [-0.39, 0.29) is 5.75 Å². The molecule has 0 amide bonds. The van der Waals surface area contributed by atoms with E-state index in [4.69, 9.17) is 4.74 Å². The molecule has 3 nitrogen and oxygen atoms in total. The Hall–Kier alpha value is -2.00. The van der Waals surface area contributed by atoms with E-state index in [2.05, 4.69) is 0 Å². The summed E-state index contributed by atoms with van der Waals surface area (Å²) in [5, 5.41) is 20.1. The summed E-state index contributed by atoms with van der Waals surface area (Å²) in [6, 6.07) is 13.8. The Morgan fingerprint density at radius 1 is 1.00 bits per heavy atom. The highest BCUT2D eigenvalue weighted by atomic mass is 16.5. The molecule has 0 bridgehead atoms. The minimum atomic E-state index is -1.15. The molecule has 94 valence electrons. The van der Waals surface area contributed by atoms with Crippen molar-refractivity contribution in [3.05, 3.63) is 59.7 Å². The van der Waals surface area contributed by atoms with E-state index in [9.17, 15) is 10.2 Å². The fourth-order valence-electron chi connectivity index (χ4n) is 1.89. The van der Waals surface area contributed by atoms with Crippen molar-refractivity contribution in [3.8, 4) is 11.5 Å². The van der Waals surface area contributed by atoms with E-state index in [1.807, 2.05) is 12.1 Å². The van der Waals surface area contributed by atoms with Crippen molar-refractivity contribution in [1.82, 2.24) is 0 Å². The maximum atomic E-state index is 10.6. The monoisotopic (exact) mass is 244 g/mol. The fourth-order valence-corrected chi connectivity index (χ4v) is 1.89. The largest absolute Gasteiger partial charge is 0.508 e. The lowest BCUT2D eigenvalue weighted by molar-refractivity contribution is 0.102. The van der Waals surface area contributed by atoms with Gasteiger partial charge < -0.3 is 14.9 Å². The molecule has 0 saturated carbocycles. The van der Waals surface area contributed by atoms with Gasteiger partial charge in [-0.25, -0.2) is 0 Å². The van der Waals surface area contributed by atoms with Crippen molar-refractivity contribution >= 4 is 0 Å². The first-order chi connectivity index (χ1) is 8.54. The van der Waals surface area contributed by atoms with Crippen molar-refractivity contribution in [2.24, 2.45) is 0 Å². The van der Waals surface area contributed by atoms with Crippen LogP contribution in [0.15, 0.2) is 48.5 Å². The van der Waals surface area contributed by atoms with E-state index < -0.39 is 5.60 Å². The predicted octanol–water partition coefficient (Wildman–Crippen LogP) is 2.66. The average molecular weight is 244 g/mol. The normalized spacial score (nSPS) is 13.9. The maximum absolute atomic E-state index is 10.6. The van der Waals surface area contributed by atoms with Crippen LogP contribution in [0.2, 0.25) is 0 Å². The van der Waals surface area contributed by atoms with Gasteiger partial charge in [0.1, 0.15) is 17.1 Å². The molecule has 1 unspecified atom stereocenters. The highest BCUT2D eigenvalue weighted by Crippen LogP contribution is 2.31. The van der Waals surface area contributed by atoms with Crippen molar-refractivity contribution in [2.75, 3.05) is 7.11 Å². The summed E-state index contributed by atoms with van der Waals surface area (Å²) < 4.78 is 5.09. The molecular formula is C15H16O3. The fraction of sp³-hybridized carbons (Fsp3) is 0.200. The van der Waals surface area contributed by atoms with Crippen LogP contribution in [0.3, 0.4) is 0 Å². The molecule has 0 aliphatic rings. The number of phenols is 1. The smallest absolute Gasteiger partial charge is 0.118 e. The molecule has 0 fully saturated rings. The first-order valence-corrected chi connectivity index (χ1v) is 5.70. The summed E-state index contributed by atoms with van der Waals surface area (Å²) in [5.41, 5.74) is 0.243. The Bertz CT molecular complexity index is 530. The Balaban J connectivity index is 2.40. The third-order valence-electron chi connectivity index (χ3n) is 3.06. The third-order valence-corrected chi connectivity index (χ3v) is 3.06. The van der Waals surface area contributed by atoms with E-state index in [1.54, 1.807) is 50.4 Å². The molecular weight excluding hydrogens is 228 g/mol. The van der Waals surface area contributed by atoms with E-state index >= 15 is 0 Å². The number of hydrogen-bond donors (Lipinski definition) is 2. The number of aromatic hydroxyl groups is 1. The maximum Gasteiger partial charge on any atom is 0.118 e. The Morgan fingerprint density at radius 3 is 2.22 bits per heavy atom. The molecule has 0 saturated heterocycles. The van der Waals surface area contributed by atoms with Crippen molar-refractivity contribution in [1.29, 1.82) is 0 Å². The van der Waals surface area contributed by atoms with Gasteiger partial charge in [0.15, 0.2) is 0 Å². The van der Waals surface area contributed by atoms with Gasteiger partial charge in [-0.2, -0.15) is 0 Å². The van der Waals surface area contributed by atoms with Gasteiger partial charge in [-0.05, 0) is 42.3 Å². The van der Waals surface area contributed by atoms with Crippen LogP contribution in [0.25, 0.3) is 0 Å². The lowest BCUT2D eigenvalue weighted by atomic mass is 9.88. The second-order valence-corrected chi connectivity index (χ2v) is 4.35. The highest BCUT2D eigenvalue weighted by Gasteiger charge is 2.25. The minimum Gasteiger partial charge on any atom is -0.508 e. The van der Waals surface area contributed by atoms with Gasteiger partial charge in [0.05, 0.1) is 7.11 Å². The van der Waals surface area contributed by atoms with Crippen molar-refractivity contribution in [2.45, 2.75) is 12.5 Å². The molecule has 0 heterocycles. The second kappa shape index (κ2) is 4.70. The van der Waals surface area contributed by atoms with Crippen LogP contribution in [-0.2, 0) is 5.60 Å². The molecule has 0 aromatic heterocycles. The topological polar surface area (TPSA) is 49.7 Å². The highest BCUT2D eigenvalue weighted by molar-refractivity contribution is 5.40. The zero-order valence-electron chi connectivity index (χ0n) is 10.4. The van der Waals surface area contributed by atoms with E-state index in [1.165, 1.54) is 0 Å². The first kappa shape index (κ1) is 12.5. The number of hydrogen-bond acceptors (Lipinski definition) is 3. The number of phenolic OH excluding ortho intramolecular Hbond substituents is 1. The van der Waals surface area contributed by atoms with Gasteiger partial charge in [0, 0.05) is 0 Å². The molecule has 0 radical (unpaired) electrons. The molecule has 2 aromatic rings. The average Bonchev–Trinajstić information content (AvgIpc) is 2.39. The molecule has 18 heavy (non-hydrogen) atoms. The number of ether oxygens (including phenoxy) is 1. The molecule has 0 spiro atoms. The standard InChI is InChI=1S/C15H16O3/c1-15(17,12-4-3-5-13(16)10-12)11-6-8-14(18-2)9-7-11/h3-10,16-17H,1-2H3. The summed E-state index contributed by atoms with van der Waals surface area (Å²) in [6.07, 6.45) is 0. The molecule has 2 aromatic carbocycles. The number of methoxy groups -OCH3 is 1. The molecule has 2 rings (SSSR count). The quantitative estimate of drug-likeness (QED) is 0.872. The third kappa shape index (κ3) is 2.31. The minimum absolute atomic E-state index is 0.140. The molecule has 0 aliphatic heterocycles. The summed E-state index contributed by atoms with van der Waals surface area (Å²) in [6.45, 7) is 1.70. The Labute approximate surface area is 106 Å². The number of benzene rings is 2. The van der Waals surface area contributed by atoms with Crippen LogP contribution < -0.4 is 4.74 Å². The molecule has 2 N–H and O–H groups in total. The summed E-state index contributed by atoms with van der Waals surface area (Å²) in [5.74, 6) is 0.881. The zero-order valence-corrected chi connectivity index (χ0v) is 10.4. The van der Waals surface area contributed by atoms with Crippen LogP contribution in [-0.4, -0.2) is 17.3 Å². The second-order valence-electron chi connectivity index (χ2n) is 4.35. The summed E-state index contributed by atoms with van der Waals surface area (Å²) in [4.78, 5) is 0. The summed E-state index contributed by atoms with van der Waals surface area (Å²) >= 11 is 0. The van der Waals surface area contributed by atoms with Gasteiger partial charge in [-0.1, -0.05) is 24.3 Å². The predicted molar refractivity (Wildman–Crippen MR) is 69.8 cm³/mol. The van der Waals surface area contributed by atoms with Crippen LogP contribution >= 0.6 is 0 Å². The van der Waals surface area contributed by atoms with E-state index in [0.29, 0.717) is 5.56 Å². The molecule has 0 aliphatic carbocycles. The Morgan fingerprint density at radius 2 is 1.67 bits per heavy atom.